The number of allylic oxidation sites excluding steroid dienone is 4. The van der Waals surface area contributed by atoms with Crippen LogP contribution in [0.3, 0.4) is 0 Å². The largest absolute Gasteiger partial charge is 0.462 e. The normalized spacial score (nSPS) is 12.1. The van der Waals surface area contributed by atoms with Crippen LogP contribution in [0.25, 0.3) is 0 Å². The van der Waals surface area contributed by atoms with Gasteiger partial charge < -0.3 is 14.2 Å². The molecule has 0 fully saturated rings. The van der Waals surface area contributed by atoms with E-state index in [1.807, 2.05) is 0 Å². The third kappa shape index (κ3) is 48.9. The Kier molecular flexibility index (Phi) is 49.8. The summed E-state index contributed by atoms with van der Waals surface area (Å²) in [7, 11) is 0. The van der Waals surface area contributed by atoms with Crippen LogP contribution in [0.1, 0.15) is 297 Å². The number of hydrogen-bond acceptors (Lipinski definition) is 6. The zero-order valence-corrected chi connectivity index (χ0v) is 41.7. The van der Waals surface area contributed by atoms with E-state index in [-0.39, 0.29) is 31.1 Å². The summed E-state index contributed by atoms with van der Waals surface area (Å²) in [5, 5.41) is 0. The fraction of sp³-hybridized carbons (Fsp3) is 0.875. The van der Waals surface area contributed by atoms with Crippen LogP contribution < -0.4 is 0 Å². The molecule has 0 saturated heterocycles. The minimum absolute atomic E-state index is 0.0720. The van der Waals surface area contributed by atoms with Crippen LogP contribution in [0.15, 0.2) is 24.3 Å². The Hall–Kier alpha value is -2.11. The summed E-state index contributed by atoms with van der Waals surface area (Å²) in [6.45, 7) is 6.65. The molecule has 0 rings (SSSR count). The smallest absolute Gasteiger partial charge is 0.306 e. The third-order valence-corrected chi connectivity index (χ3v) is 12.2. The SMILES string of the molecule is CCCCCCCC/C=C\CCCCCCCCCC(=O)OCC(COC(=O)CCCCCCCCCCCCCC)OC(=O)CCCCCCC/C=C\CCCCCCCC. The lowest BCUT2D eigenvalue weighted by Crippen LogP contribution is -2.30. The van der Waals surface area contributed by atoms with E-state index < -0.39 is 6.10 Å². The summed E-state index contributed by atoms with van der Waals surface area (Å²) in [6.07, 6.45) is 58.7. The molecule has 0 N–H and O–H groups in total. The van der Waals surface area contributed by atoms with Crippen LogP contribution in [0.2, 0.25) is 0 Å². The summed E-state index contributed by atoms with van der Waals surface area (Å²) >= 11 is 0. The summed E-state index contributed by atoms with van der Waals surface area (Å²) in [5.74, 6) is -0.870. The van der Waals surface area contributed by atoms with E-state index in [0.717, 1.165) is 64.2 Å². The van der Waals surface area contributed by atoms with Gasteiger partial charge in [-0.1, -0.05) is 231 Å². The Morgan fingerprint density at radius 2 is 0.532 bits per heavy atom. The van der Waals surface area contributed by atoms with E-state index in [4.69, 9.17) is 14.2 Å². The number of rotatable bonds is 50. The molecule has 0 heterocycles. The van der Waals surface area contributed by atoms with Crippen molar-refractivity contribution in [1.29, 1.82) is 0 Å². The van der Waals surface area contributed by atoms with Crippen LogP contribution in [0.5, 0.6) is 0 Å². The molecular weight excluding hydrogens is 769 g/mol. The lowest BCUT2D eigenvalue weighted by molar-refractivity contribution is -0.167. The molecule has 1 unspecified atom stereocenters. The first-order valence-electron chi connectivity index (χ1n) is 27.3. The zero-order chi connectivity index (χ0) is 45.1. The highest BCUT2D eigenvalue weighted by Gasteiger charge is 2.19. The van der Waals surface area contributed by atoms with Crippen molar-refractivity contribution in [1.82, 2.24) is 0 Å². The zero-order valence-electron chi connectivity index (χ0n) is 41.7. The Morgan fingerprint density at radius 1 is 0.306 bits per heavy atom. The molecule has 0 saturated carbocycles. The minimum Gasteiger partial charge on any atom is -0.462 e. The van der Waals surface area contributed by atoms with Crippen molar-refractivity contribution in [3.8, 4) is 0 Å². The maximum atomic E-state index is 12.8. The molecule has 0 spiro atoms. The van der Waals surface area contributed by atoms with Gasteiger partial charge in [0.2, 0.25) is 0 Å². The van der Waals surface area contributed by atoms with E-state index in [2.05, 4.69) is 45.1 Å². The number of carbonyl (C=O) groups excluding carboxylic acids is 3. The van der Waals surface area contributed by atoms with Crippen LogP contribution in [0, 0.1) is 0 Å². The highest BCUT2D eigenvalue weighted by molar-refractivity contribution is 5.71. The van der Waals surface area contributed by atoms with E-state index >= 15 is 0 Å². The van der Waals surface area contributed by atoms with Crippen LogP contribution >= 0.6 is 0 Å². The van der Waals surface area contributed by atoms with Crippen LogP contribution in [0.4, 0.5) is 0 Å². The number of ether oxygens (including phenoxy) is 3. The van der Waals surface area contributed by atoms with Gasteiger partial charge in [0.05, 0.1) is 0 Å². The number of esters is 3. The average molecular weight is 873 g/mol. The van der Waals surface area contributed by atoms with Gasteiger partial charge in [0.1, 0.15) is 13.2 Å². The Morgan fingerprint density at radius 3 is 0.806 bits per heavy atom. The van der Waals surface area contributed by atoms with E-state index in [0.29, 0.717) is 19.3 Å². The first-order valence-corrected chi connectivity index (χ1v) is 27.3. The van der Waals surface area contributed by atoms with Gasteiger partial charge in [0.15, 0.2) is 6.10 Å². The number of unbranched alkanes of at least 4 members (excludes halogenated alkanes) is 35. The first kappa shape index (κ1) is 59.9. The Labute approximate surface area is 385 Å². The molecule has 0 aliphatic rings. The van der Waals surface area contributed by atoms with Gasteiger partial charge in [0, 0.05) is 19.3 Å². The highest BCUT2D eigenvalue weighted by Crippen LogP contribution is 2.16. The first-order chi connectivity index (χ1) is 30.5. The quantitative estimate of drug-likeness (QED) is 0.0262. The average Bonchev–Trinajstić information content (AvgIpc) is 3.27. The lowest BCUT2D eigenvalue weighted by Gasteiger charge is -2.18. The predicted molar refractivity (Wildman–Crippen MR) is 266 cm³/mol. The second kappa shape index (κ2) is 51.5. The molecule has 6 nitrogen and oxygen atoms in total. The molecule has 0 aromatic rings. The second-order valence-electron chi connectivity index (χ2n) is 18.5. The molecule has 1 atom stereocenters. The van der Waals surface area contributed by atoms with Gasteiger partial charge in [-0.2, -0.15) is 0 Å². The number of carbonyl (C=O) groups is 3. The Bertz CT molecular complexity index is 1000. The summed E-state index contributed by atoms with van der Waals surface area (Å²) in [5.41, 5.74) is 0. The molecule has 364 valence electrons. The van der Waals surface area contributed by atoms with Crippen LogP contribution in [-0.4, -0.2) is 37.2 Å². The topological polar surface area (TPSA) is 78.9 Å². The fourth-order valence-electron chi connectivity index (χ4n) is 8.02. The molecule has 0 bridgehead atoms. The second-order valence-corrected chi connectivity index (χ2v) is 18.5. The molecule has 0 aliphatic carbocycles. The van der Waals surface area contributed by atoms with E-state index in [1.165, 1.54) is 193 Å². The van der Waals surface area contributed by atoms with Gasteiger partial charge in [-0.3, -0.25) is 14.4 Å². The van der Waals surface area contributed by atoms with Crippen molar-refractivity contribution in [2.75, 3.05) is 13.2 Å². The highest BCUT2D eigenvalue weighted by atomic mass is 16.6. The van der Waals surface area contributed by atoms with Gasteiger partial charge in [0.25, 0.3) is 0 Å². The van der Waals surface area contributed by atoms with Crippen LogP contribution in [-0.2, 0) is 28.6 Å². The summed E-state index contributed by atoms with van der Waals surface area (Å²) in [4.78, 5) is 38.0. The predicted octanol–water partition coefficient (Wildman–Crippen LogP) is 17.9. The molecule has 62 heavy (non-hydrogen) atoms. The standard InChI is InChI=1S/C56H104O6/c1-4-7-10-13-16-19-22-25-27-28-30-31-34-37-40-43-46-49-55(58)61-52-53(51-60-54(57)48-45-42-39-36-33-24-21-18-15-12-9-6-3)62-56(59)50-47-44-41-38-35-32-29-26-23-20-17-14-11-8-5-2/h25-27,29,53H,4-24,28,30-52H2,1-3H3/b27-25-,29-26-. The molecule has 0 radical (unpaired) electrons. The van der Waals surface area contributed by atoms with Gasteiger partial charge in [-0.05, 0) is 70.6 Å². The Balaban J connectivity index is 4.34. The van der Waals surface area contributed by atoms with Crippen molar-refractivity contribution in [3.05, 3.63) is 24.3 Å². The van der Waals surface area contributed by atoms with Crippen molar-refractivity contribution in [2.45, 2.75) is 303 Å². The van der Waals surface area contributed by atoms with Crippen molar-refractivity contribution < 1.29 is 28.6 Å². The minimum atomic E-state index is -0.772. The molecule has 6 heteroatoms. The van der Waals surface area contributed by atoms with E-state index in [9.17, 15) is 14.4 Å². The van der Waals surface area contributed by atoms with Gasteiger partial charge in [-0.15, -0.1) is 0 Å². The molecule has 0 amide bonds. The molecular formula is C56H104O6. The third-order valence-electron chi connectivity index (χ3n) is 12.2. The monoisotopic (exact) mass is 873 g/mol. The van der Waals surface area contributed by atoms with Crippen molar-refractivity contribution in [2.24, 2.45) is 0 Å². The van der Waals surface area contributed by atoms with Crippen molar-refractivity contribution >= 4 is 17.9 Å². The van der Waals surface area contributed by atoms with Gasteiger partial charge in [-0.25, -0.2) is 0 Å². The summed E-state index contributed by atoms with van der Waals surface area (Å²) < 4.78 is 16.8. The maximum Gasteiger partial charge on any atom is 0.306 e. The number of hydrogen-bond donors (Lipinski definition) is 0. The maximum absolute atomic E-state index is 12.8. The van der Waals surface area contributed by atoms with Gasteiger partial charge >= 0.3 is 17.9 Å². The lowest BCUT2D eigenvalue weighted by atomic mass is 10.0. The fourth-order valence-corrected chi connectivity index (χ4v) is 8.02. The van der Waals surface area contributed by atoms with E-state index in [1.54, 1.807) is 0 Å². The molecule has 0 aliphatic heterocycles. The molecule has 0 aromatic heterocycles. The molecule has 0 aromatic carbocycles. The summed E-state index contributed by atoms with van der Waals surface area (Å²) in [6, 6.07) is 0. The van der Waals surface area contributed by atoms with Crippen molar-refractivity contribution in [3.63, 3.8) is 0 Å².